The lowest BCUT2D eigenvalue weighted by Crippen LogP contribution is -2.70. The van der Waals surface area contributed by atoms with Gasteiger partial charge in [0.1, 0.15) is 24.1 Å². The summed E-state index contributed by atoms with van der Waals surface area (Å²) in [4.78, 5) is 36.4. The molecule has 1 heterocycles. The monoisotopic (exact) mass is 1080 g/mol. The second-order valence-corrected chi connectivity index (χ2v) is 22.4. The quantitative estimate of drug-likeness (QED) is 0.0136. The first-order valence-electron chi connectivity index (χ1n) is 28.8. The fourth-order valence-electron chi connectivity index (χ4n) is 12.2. The molecule has 0 saturated heterocycles. The summed E-state index contributed by atoms with van der Waals surface area (Å²) in [6.45, 7) is 7.56. The zero-order valence-electron chi connectivity index (χ0n) is 45.7. The van der Waals surface area contributed by atoms with Crippen molar-refractivity contribution in [2.45, 2.75) is 152 Å². The second-order valence-electron chi connectivity index (χ2n) is 21.2. The summed E-state index contributed by atoms with van der Waals surface area (Å²) in [7, 11) is 0. The zero-order chi connectivity index (χ0) is 54.5. The number of nitro benzene ring substituents is 1. The van der Waals surface area contributed by atoms with E-state index in [-0.39, 0.29) is 62.2 Å². The summed E-state index contributed by atoms with van der Waals surface area (Å²) in [5.41, 5.74) is 4.34. The molecular formula is C65H81N3O9S. The van der Waals surface area contributed by atoms with E-state index < -0.39 is 22.7 Å². The van der Waals surface area contributed by atoms with Gasteiger partial charge in [-0.15, -0.1) is 18.3 Å². The smallest absolute Gasteiger partial charge is 0.269 e. The number of unbranched alkanes of at least 4 members (excludes halogenated alkanes) is 10. The molecule has 0 aromatic heterocycles. The standard InChI is InChI=1S/C65H81N3O9S/c1-3-5-6-7-8-9-10-11-15-31-62(71)67(46-51-26-22-25-49-23-16-17-29-55(49)51)61-45-59(66-76-47-48-32-34-52(35-33-48)68(72)73)57-43-50(24-18-20-38-69)56(30-19-21-39-70)63-58-44-53(74-41-42-78-54-27-13-12-14-28-54)36-37-60(58)77-65(61,64(57)63)75-40-4-2/h4,12-14,16-17,22-23,25-29,32-37,43-44,50,56,61,63-64,69-70H,2-3,5-11,15,18-21,24,30-31,38-42,45-47H2,1H3. The number of carbonyl (C=O) groups is 1. The number of nitro groups is 1. The molecule has 1 aliphatic heterocycles. The molecule has 1 amide bonds. The van der Waals surface area contributed by atoms with Crippen molar-refractivity contribution in [3.05, 3.63) is 166 Å². The first-order valence-corrected chi connectivity index (χ1v) is 29.8. The third-order valence-electron chi connectivity index (χ3n) is 16.0. The summed E-state index contributed by atoms with van der Waals surface area (Å²) >= 11 is 1.75. The van der Waals surface area contributed by atoms with Gasteiger partial charge in [-0.05, 0) is 114 Å². The Kier molecular flexibility index (Phi) is 22.2. The van der Waals surface area contributed by atoms with E-state index in [9.17, 15) is 20.3 Å². The number of fused-ring (bicyclic) bond motifs is 3. The number of amides is 1. The Morgan fingerprint density at radius 3 is 2.32 bits per heavy atom. The molecule has 0 spiro atoms. The fraction of sp³-hybridized carbons (Fsp3) is 0.477. The van der Waals surface area contributed by atoms with Crippen LogP contribution in [0.4, 0.5) is 5.69 Å². The van der Waals surface area contributed by atoms with E-state index in [4.69, 9.17) is 24.2 Å². The van der Waals surface area contributed by atoms with Crippen molar-refractivity contribution in [2.24, 2.45) is 22.9 Å². The molecule has 2 aliphatic carbocycles. The minimum atomic E-state index is -1.44. The number of aliphatic hydroxyl groups excluding tert-OH is 2. The molecule has 1 fully saturated rings. The number of allylic oxidation sites excluding steroid dienone is 1. The number of ether oxygens (including phenoxy) is 3. The van der Waals surface area contributed by atoms with Gasteiger partial charge in [0, 0.05) is 66.9 Å². The van der Waals surface area contributed by atoms with Crippen LogP contribution in [0.1, 0.15) is 139 Å². The van der Waals surface area contributed by atoms with Crippen LogP contribution >= 0.6 is 11.8 Å². The van der Waals surface area contributed by atoms with Crippen LogP contribution in [0.3, 0.4) is 0 Å². The lowest BCUT2D eigenvalue weighted by atomic mass is 9.55. The van der Waals surface area contributed by atoms with Crippen molar-refractivity contribution < 1.29 is 39.0 Å². The van der Waals surface area contributed by atoms with Crippen LogP contribution in [0, 0.1) is 27.9 Å². The van der Waals surface area contributed by atoms with Gasteiger partial charge in [0.25, 0.3) is 5.69 Å². The van der Waals surface area contributed by atoms with Crippen molar-refractivity contribution in [3.63, 3.8) is 0 Å². The molecule has 12 nitrogen and oxygen atoms in total. The summed E-state index contributed by atoms with van der Waals surface area (Å²) in [6.07, 6.45) is 19.4. The van der Waals surface area contributed by atoms with Gasteiger partial charge in [0.05, 0.1) is 29.8 Å². The maximum Gasteiger partial charge on any atom is 0.269 e. The molecular weight excluding hydrogens is 999 g/mol. The summed E-state index contributed by atoms with van der Waals surface area (Å²) in [5.74, 6) is 0.0764. The van der Waals surface area contributed by atoms with E-state index in [1.54, 1.807) is 30.0 Å². The van der Waals surface area contributed by atoms with E-state index in [1.165, 1.54) is 49.1 Å². The Hall–Kier alpha value is -5.99. The molecule has 5 aromatic carbocycles. The van der Waals surface area contributed by atoms with Crippen LogP contribution in [0.2, 0.25) is 0 Å². The molecule has 8 rings (SSSR count). The highest BCUT2D eigenvalue weighted by Crippen LogP contribution is 2.62. The van der Waals surface area contributed by atoms with Crippen LogP contribution in [0.15, 0.2) is 150 Å². The maximum atomic E-state index is 15.7. The van der Waals surface area contributed by atoms with E-state index in [0.29, 0.717) is 43.9 Å². The fourth-order valence-corrected chi connectivity index (χ4v) is 12.9. The molecule has 13 heteroatoms. The number of oxime groups is 1. The molecule has 78 heavy (non-hydrogen) atoms. The van der Waals surface area contributed by atoms with Gasteiger partial charge in [-0.1, -0.05) is 149 Å². The molecule has 0 bridgehead atoms. The molecule has 1 saturated carbocycles. The third-order valence-corrected chi connectivity index (χ3v) is 16.9. The van der Waals surface area contributed by atoms with E-state index in [1.807, 2.05) is 47.4 Å². The normalized spacial score (nSPS) is 20.8. The Labute approximate surface area is 466 Å². The molecule has 6 atom stereocenters. The second kappa shape index (κ2) is 29.8. The molecule has 6 unspecified atom stereocenters. The number of thioether (sulfide) groups is 1. The first-order chi connectivity index (χ1) is 38.3. The lowest BCUT2D eigenvalue weighted by molar-refractivity contribution is -0.384. The van der Waals surface area contributed by atoms with Gasteiger partial charge in [-0.2, -0.15) is 0 Å². The van der Waals surface area contributed by atoms with Gasteiger partial charge >= 0.3 is 0 Å². The highest BCUT2D eigenvalue weighted by molar-refractivity contribution is 7.99. The Morgan fingerprint density at radius 2 is 1.58 bits per heavy atom. The van der Waals surface area contributed by atoms with E-state index in [2.05, 4.69) is 68.1 Å². The molecule has 2 N–H and O–H groups in total. The predicted molar refractivity (Wildman–Crippen MR) is 312 cm³/mol. The van der Waals surface area contributed by atoms with Crippen LogP contribution in [-0.4, -0.2) is 75.7 Å². The average Bonchev–Trinajstić information content (AvgIpc) is 2.69. The summed E-state index contributed by atoms with van der Waals surface area (Å²) < 4.78 is 21.6. The lowest BCUT2D eigenvalue weighted by Gasteiger charge is -2.60. The maximum absolute atomic E-state index is 15.7. The number of non-ortho nitro benzene ring substituents is 1. The Balaban J connectivity index is 1.26. The SMILES string of the molecule is C=CCOC12Oc3ccc(OCCSc4ccccc4)cc3C3C(CCCCO)C(CCCCO)C=C(C(=NOCc4ccc([N+](=O)[O-])cc4)CC1N(Cc1cccc4ccccc14)C(=O)CCCCCCCCCCC)C32. The van der Waals surface area contributed by atoms with Gasteiger partial charge in [0.2, 0.25) is 11.7 Å². The first kappa shape index (κ1) is 58.2. The minimum Gasteiger partial charge on any atom is -0.493 e. The molecule has 0 radical (unpaired) electrons. The number of rotatable bonds is 33. The average molecular weight is 1080 g/mol. The number of aliphatic hydroxyl groups is 2. The highest BCUT2D eigenvalue weighted by atomic mass is 32.2. The van der Waals surface area contributed by atoms with Crippen LogP contribution < -0.4 is 9.47 Å². The number of benzene rings is 5. The van der Waals surface area contributed by atoms with Crippen LogP contribution in [0.5, 0.6) is 11.5 Å². The molecule has 5 aromatic rings. The van der Waals surface area contributed by atoms with Crippen LogP contribution in [-0.2, 0) is 27.5 Å². The summed E-state index contributed by atoms with van der Waals surface area (Å²) in [6, 6.07) is 36.6. The summed E-state index contributed by atoms with van der Waals surface area (Å²) in [5, 5.41) is 39.1. The van der Waals surface area contributed by atoms with Gasteiger partial charge < -0.3 is 34.2 Å². The van der Waals surface area contributed by atoms with Gasteiger partial charge in [0.15, 0.2) is 0 Å². The van der Waals surface area contributed by atoms with Crippen molar-refractivity contribution in [1.29, 1.82) is 0 Å². The largest absolute Gasteiger partial charge is 0.493 e. The van der Waals surface area contributed by atoms with Crippen molar-refractivity contribution in [1.82, 2.24) is 4.90 Å². The van der Waals surface area contributed by atoms with Crippen LogP contribution in [0.25, 0.3) is 10.8 Å². The zero-order valence-corrected chi connectivity index (χ0v) is 46.5. The van der Waals surface area contributed by atoms with Gasteiger partial charge in [-0.25, -0.2) is 0 Å². The Bertz CT molecular complexity index is 2760. The highest BCUT2D eigenvalue weighted by Gasteiger charge is 2.65. The third kappa shape index (κ3) is 14.8. The number of hydrogen-bond acceptors (Lipinski definition) is 11. The van der Waals surface area contributed by atoms with Gasteiger partial charge in [-0.3, -0.25) is 14.9 Å². The van der Waals surface area contributed by atoms with Crippen molar-refractivity contribution >= 4 is 39.8 Å². The number of carbonyl (C=O) groups excluding carboxylic acids is 1. The Morgan fingerprint density at radius 1 is 0.859 bits per heavy atom. The van der Waals surface area contributed by atoms with E-state index >= 15 is 4.79 Å². The topological polar surface area (TPSA) is 153 Å². The minimum absolute atomic E-state index is 0.00851. The van der Waals surface area contributed by atoms with Crippen molar-refractivity contribution in [3.8, 4) is 11.5 Å². The number of hydrogen-bond donors (Lipinski definition) is 2. The number of nitrogens with zero attached hydrogens (tertiary/aromatic N) is 3. The van der Waals surface area contributed by atoms with E-state index in [0.717, 1.165) is 95.9 Å². The predicted octanol–water partition coefficient (Wildman–Crippen LogP) is 14.7. The molecule has 416 valence electrons. The molecule has 3 aliphatic rings. The van der Waals surface area contributed by atoms with Crippen molar-refractivity contribution in [2.75, 3.05) is 32.2 Å².